The molecule has 1 fully saturated rings. The summed E-state index contributed by atoms with van der Waals surface area (Å²) in [6.45, 7) is 3.62. The molecule has 0 spiro atoms. The van der Waals surface area contributed by atoms with E-state index >= 15 is 0 Å². The van der Waals surface area contributed by atoms with Crippen molar-refractivity contribution < 1.29 is 13.9 Å². The van der Waals surface area contributed by atoms with Crippen LogP contribution in [0.3, 0.4) is 0 Å². The van der Waals surface area contributed by atoms with Crippen LogP contribution in [0.15, 0.2) is 53.5 Å². The van der Waals surface area contributed by atoms with Crippen LogP contribution in [0.2, 0.25) is 0 Å². The molecule has 2 aromatic carbocycles. The molecule has 0 bridgehead atoms. The molecule has 3 rings (SSSR count). The second-order valence-corrected chi connectivity index (χ2v) is 7.17. The minimum absolute atomic E-state index is 0. The number of hydrogen-bond acceptors (Lipinski definition) is 3. The lowest BCUT2D eigenvalue weighted by molar-refractivity contribution is -0.0390. The van der Waals surface area contributed by atoms with Crippen LogP contribution in [0.25, 0.3) is 0 Å². The van der Waals surface area contributed by atoms with Crippen LogP contribution in [0.4, 0.5) is 4.39 Å². The lowest BCUT2D eigenvalue weighted by Gasteiger charge is -2.22. The van der Waals surface area contributed by atoms with Gasteiger partial charge in [0.05, 0.1) is 12.7 Å². The van der Waals surface area contributed by atoms with Gasteiger partial charge in [-0.1, -0.05) is 36.4 Å². The molecule has 0 amide bonds. The van der Waals surface area contributed by atoms with Crippen molar-refractivity contribution in [1.29, 1.82) is 0 Å². The van der Waals surface area contributed by atoms with Gasteiger partial charge in [-0.3, -0.25) is 4.99 Å². The summed E-state index contributed by atoms with van der Waals surface area (Å²) in [5.41, 5.74) is 3.45. The van der Waals surface area contributed by atoms with E-state index in [9.17, 15) is 4.39 Å². The minimum atomic E-state index is -0.209. The molecular formula is C23H31FIN3O2. The number of nitrogens with one attached hydrogen (secondary N) is 2. The van der Waals surface area contributed by atoms with Gasteiger partial charge in [-0.05, 0) is 48.1 Å². The molecule has 1 heterocycles. The van der Waals surface area contributed by atoms with Gasteiger partial charge in [-0.25, -0.2) is 4.39 Å². The Morgan fingerprint density at radius 3 is 2.53 bits per heavy atom. The van der Waals surface area contributed by atoms with Crippen molar-refractivity contribution in [2.24, 2.45) is 4.99 Å². The van der Waals surface area contributed by atoms with Crippen molar-refractivity contribution >= 4 is 29.9 Å². The molecule has 2 aromatic rings. The SMILES string of the molecule is CN=C(NCCc1ccc(F)cc1)NCc1cccc(COC2CCOCC2)c1.I. The first kappa shape index (κ1) is 24.6. The summed E-state index contributed by atoms with van der Waals surface area (Å²) >= 11 is 0. The number of nitrogens with zero attached hydrogens (tertiary/aromatic N) is 1. The normalized spacial score (nSPS) is 14.8. The van der Waals surface area contributed by atoms with E-state index in [1.165, 1.54) is 23.3 Å². The fraction of sp³-hybridized carbons (Fsp3) is 0.435. The molecule has 1 aliphatic heterocycles. The molecule has 30 heavy (non-hydrogen) atoms. The molecule has 7 heteroatoms. The average molecular weight is 527 g/mol. The van der Waals surface area contributed by atoms with Crippen LogP contribution < -0.4 is 10.6 Å². The van der Waals surface area contributed by atoms with Crippen molar-refractivity contribution in [1.82, 2.24) is 10.6 Å². The van der Waals surface area contributed by atoms with Crippen molar-refractivity contribution in [3.8, 4) is 0 Å². The maximum atomic E-state index is 13.0. The van der Waals surface area contributed by atoms with E-state index in [0.717, 1.165) is 50.5 Å². The summed E-state index contributed by atoms with van der Waals surface area (Å²) in [6, 6.07) is 15.0. The molecule has 0 unspecified atom stereocenters. The summed E-state index contributed by atoms with van der Waals surface area (Å²) in [6.07, 6.45) is 3.05. The van der Waals surface area contributed by atoms with Gasteiger partial charge in [0, 0.05) is 33.4 Å². The number of guanidine groups is 1. The number of benzene rings is 2. The van der Waals surface area contributed by atoms with Crippen LogP contribution in [-0.2, 0) is 29.0 Å². The summed E-state index contributed by atoms with van der Waals surface area (Å²) < 4.78 is 24.4. The predicted molar refractivity (Wildman–Crippen MR) is 129 cm³/mol. The van der Waals surface area contributed by atoms with E-state index < -0.39 is 0 Å². The zero-order valence-electron chi connectivity index (χ0n) is 17.4. The first-order valence-corrected chi connectivity index (χ1v) is 10.2. The number of halogens is 2. The quantitative estimate of drug-likeness (QED) is 0.309. The lowest BCUT2D eigenvalue weighted by Crippen LogP contribution is -2.37. The molecule has 1 aliphatic rings. The van der Waals surface area contributed by atoms with Gasteiger partial charge in [0.25, 0.3) is 0 Å². The van der Waals surface area contributed by atoms with Crippen molar-refractivity contribution in [2.45, 2.75) is 38.5 Å². The Bertz CT molecular complexity index is 780. The Labute approximate surface area is 195 Å². The maximum absolute atomic E-state index is 13.0. The first-order valence-electron chi connectivity index (χ1n) is 10.2. The molecular weight excluding hydrogens is 496 g/mol. The third-order valence-corrected chi connectivity index (χ3v) is 4.95. The Morgan fingerprint density at radius 1 is 1.07 bits per heavy atom. The van der Waals surface area contributed by atoms with Crippen LogP contribution in [0.1, 0.15) is 29.5 Å². The van der Waals surface area contributed by atoms with Gasteiger partial charge in [0.2, 0.25) is 0 Å². The highest BCUT2D eigenvalue weighted by molar-refractivity contribution is 14.0. The van der Waals surface area contributed by atoms with Crippen LogP contribution in [0, 0.1) is 5.82 Å². The molecule has 2 N–H and O–H groups in total. The number of rotatable bonds is 8. The van der Waals surface area contributed by atoms with Crippen molar-refractivity contribution in [3.63, 3.8) is 0 Å². The third kappa shape index (κ3) is 8.57. The van der Waals surface area contributed by atoms with E-state index in [4.69, 9.17) is 9.47 Å². The maximum Gasteiger partial charge on any atom is 0.191 e. The monoisotopic (exact) mass is 527 g/mol. The van der Waals surface area contributed by atoms with Gasteiger partial charge in [0.1, 0.15) is 5.82 Å². The van der Waals surface area contributed by atoms with Gasteiger partial charge in [0.15, 0.2) is 5.96 Å². The van der Waals surface area contributed by atoms with Gasteiger partial charge < -0.3 is 20.1 Å². The van der Waals surface area contributed by atoms with Crippen LogP contribution >= 0.6 is 24.0 Å². The average Bonchev–Trinajstić information content (AvgIpc) is 2.77. The Balaban J connectivity index is 0.00000320. The standard InChI is InChI=1S/C23H30FN3O2.HI/c1-25-23(26-12-9-18-5-7-21(24)8-6-18)27-16-19-3-2-4-20(15-19)17-29-22-10-13-28-14-11-22;/h2-8,15,22H,9-14,16-17H2,1H3,(H2,25,26,27);1H. The molecule has 5 nitrogen and oxygen atoms in total. The predicted octanol–water partition coefficient (Wildman–Crippen LogP) is 4.05. The molecule has 0 radical (unpaired) electrons. The summed E-state index contributed by atoms with van der Waals surface area (Å²) in [7, 11) is 1.76. The van der Waals surface area contributed by atoms with E-state index in [2.05, 4.69) is 39.9 Å². The van der Waals surface area contributed by atoms with E-state index in [-0.39, 0.29) is 29.8 Å². The zero-order chi connectivity index (χ0) is 20.3. The molecule has 1 saturated heterocycles. The summed E-state index contributed by atoms with van der Waals surface area (Å²) in [5, 5.41) is 6.63. The summed E-state index contributed by atoms with van der Waals surface area (Å²) in [5.74, 6) is 0.538. The third-order valence-electron chi connectivity index (χ3n) is 4.95. The Morgan fingerprint density at radius 2 is 1.80 bits per heavy atom. The largest absolute Gasteiger partial charge is 0.381 e. The highest BCUT2D eigenvalue weighted by atomic mass is 127. The Hall–Kier alpha value is -1.71. The fourth-order valence-corrected chi connectivity index (χ4v) is 3.27. The number of aliphatic imine (C=N–C) groups is 1. The van der Waals surface area contributed by atoms with Crippen molar-refractivity contribution in [3.05, 3.63) is 71.0 Å². The number of ether oxygens (including phenoxy) is 2. The van der Waals surface area contributed by atoms with Crippen LogP contribution in [0.5, 0.6) is 0 Å². The summed E-state index contributed by atoms with van der Waals surface area (Å²) in [4.78, 5) is 4.27. The Kier molecular flexibility index (Phi) is 11.1. The van der Waals surface area contributed by atoms with Crippen LogP contribution in [-0.4, -0.2) is 38.9 Å². The lowest BCUT2D eigenvalue weighted by atomic mass is 10.1. The second-order valence-electron chi connectivity index (χ2n) is 7.17. The molecule has 164 valence electrons. The molecule has 0 saturated carbocycles. The second kappa shape index (κ2) is 13.6. The zero-order valence-corrected chi connectivity index (χ0v) is 19.7. The highest BCUT2D eigenvalue weighted by Gasteiger charge is 2.14. The van der Waals surface area contributed by atoms with Gasteiger partial charge in [-0.15, -0.1) is 24.0 Å². The van der Waals surface area contributed by atoms with Gasteiger partial charge in [-0.2, -0.15) is 0 Å². The minimum Gasteiger partial charge on any atom is -0.381 e. The highest BCUT2D eigenvalue weighted by Crippen LogP contribution is 2.14. The van der Waals surface area contributed by atoms with Crippen molar-refractivity contribution in [2.75, 3.05) is 26.8 Å². The fourth-order valence-electron chi connectivity index (χ4n) is 3.27. The number of hydrogen-bond donors (Lipinski definition) is 2. The smallest absolute Gasteiger partial charge is 0.191 e. The molecule has 0 atom stereocenters. The molecule has 0 aromatic heterocycles. The topological polar surface area (TPSA) is 54.9 Å². The molecule has 0 aliphatic carbocycles. The first-order chi connectivity index (χ1) is 14.2. The van der Waals surface area contributed by atoms with E-state index in [0.29, 0.717) is 19.3 Å². The van der Waals surface area contributed by atoms with E-state index in [1.807, 2.05) is 0 Å². The van der Waals surface area contributed by atoms with Gasteiger partial charge >= 0.3 is 0 Å². The van der Waals surface area contributed by atoms with E-state index in [1.54, 1.807) is 19.2 Å².